The van der Waals surface area contributed by atoms with Crippen LogP contribution in [0.25, 0.3) is 0 Å². The van der Waals surface area contributed by atoms with Crippen molar-refractivity contribution in [2.45, 2.75) is 33.6 Å². The highest BCUT2D eigenvalue weighted by atomic mass is 16.5. The second kappa shape index (κ2) is 7.13. The minimum Gasteiger partial charge on any atom is -0.481 e. The molecule has 0 saturated heterocycles. The van der Waals surface area contributed by atoms with E-state index in [2.05, 4.69) is 20.8 Å². The SMILES string of the molecule is COc1ccc(NC(=O)NC[C@H](C)c2c(C)noc2C)c(C)n1. The van der Waals surface area contributed by atoms with Gasteiger partial charge < -0.3 is 19.9 Å². The molecule has 2 rings (SSSR count). The average molecular weight is 318 g/mol. The van der Waals surface area contributed by atoms with Crippen LogP contribution >= 0.6 is 0 Å². The largest absolute Gasteiger partial charge is 0.481 e. The summed E-state index contributed by atoms with van der Waals surface area (Å²) < 4.78 is 10.2. The minimum absolute atomic E-state index is 0.113. The number of pyridine rings is 1. The second-order valence-corrected chi connectivity index (χ2v) is 5.46. The van der Waals surface area contributed by atoms with Crippen molar-refractivity contribution in [3.8, 4) is 5.88 Å². The van der Waals surface area contributed by atoms with Crippen molar-refractivity contribution < 1.29 is 14.1 Å². The molecule has 0 radical (unpaired) electrons. The van der Waals surface area contributed by atoms with Crippen molar-refractivity contribution >= 4 is 11.7 Å². The molecular weight excluding hydrogens is 296 g/mol. The fraction of sp³-hybridized carbons (Fsp3) is 0.438. The van der Waals surface area contributed by atoms with Crippen LogP contribution in [0.5, 0.6) is 5.88 Å². The number of nitrogens with one attached hydrogen (secondary N) is 2. The molecule has 2 aromatic rings. The number of ether oxygens (including phenoxy) is 1. The van der Waals surface area contributed by atoms with Gasteiger partial charge in [-0.05, 0) is 26.8 Å². The molecule has 0 fully saturated rings. The first kappa shape index (κ1) is 16.8. The molecule has 7 heteroatoms. The molecule has 124 valence electrons. The number of hydrogen-bond donors (Lipinski definition) is 2. The van der Waals surface area contributed by atoms with Crippen LogP contribution in [0, 0.1) is 20.8 Å². The molecule has 0 aliphatic rings. The minimum atomic E-state index is -0.279. The van der Waals surface area contributed by atoms with Crippen LogP contribution in [0.2, 0.25) is 0 Å². The van der Waals surface area contributed by atoms with E-state index in [-0.39, 0.29) is 11.9 Å². The molecule has 23 heavy (non-hydrogen) atoms. The molecule has 2 heterocycles. The Kier molecular flexibility index (Phi) is 5.20. The third-order valence-corrected chi connectivity index (χ3v) is 3.67. The van der Waals surface area contributed by atoms with E-state index < -0.39 is 0 Å². The van der Waals surface area contributed by atoms with Crippen molar-refractivity contribution in [2.24, 2.45) is 0 Å². The summed E-state index contributed by atoms with van der Waals surface area (Å²) in [5.41, 5.74) is 3.23. The Morgan fingerprint density at radius 3 is 2.61 bits per heavy atom. The van der Waals surface area contributed by atoms with Gasteiger partial charge in [-0.2, -0.15) is 0 Å². The number of urea groups is 1. The molecular formula is C16H22N4O3. The second-order valence-electron chi connectivity index (χ2n) is 5.46. The summed E-state index contributed by atoms with van der Waals surface area (Å²) in [6, 6.07) is 3.19. The molecule has 0 aliphatic carbocycles. The zero-order valence-electron chi connectivity index (χ0n) is 14.1. The maximum Gasteiger partial charge on any atom is 0.319 e. The van der Waals surface area contributed by atoms with Crippen LogP contribution in [0.15, 0.2) is 16.7 Å². The Hall–Kier alpha value is -2.57. The number of aryl methyl sites for hydroxylation is 3. The van der Waals surface area contributed by atoms with Crippen LogP contribution in [0.1, 0.15) is 35.6 Å². The van der Waals surface area contributed by atoms with Gasteiger partial charge in [0.1, 0.15) is 5.76 Å². The number of aromatic nitrogens is 2. The Morgan fingerprint density at radius 2 is 2.04 bits per heavy atom. The van der Waals surface area contributed by atoms with E-state index in [1.807, 2.05) is 27.7 Å². The van der Waals surface area contributed by atoms with Crippen molar-refractivity contribution in [3.63, 3.8) is 0 Å². The fourth-order valence-electron chi connectivity index (χ4n) is 2.49. The highest BCUT2D eigenvalue weighted by Crippen LogP contribution is 2.22. The van der Waals surface area contributed by atoms with Gasteiger partial charge in [-0.25, -0.2) is 9.78 Å². The molecule has 0 aromatic carbocycles. The highest BCUT2D eigenvalue weighted by Gasteiger charge is 2.17. The first-order valence-corrected chi connectivity index (χ1v) is 7.41. The molecule has 2 amide bonds. The third-order valence-electron chi connectivity index (χ3n) is 3.67. The van der Waals surface area contributed by atoms with E-state index in [0.29, 0.717) is 23.8 Å². The summed E-state index contributed by atoms with van der Waals surface area (Å²) in [4.78, 5) is 16.3. The van der Waals surface area contributed by atoms with Crippen molar-refractivity contribution in [1.82, 2.24) is 15.5 Å². The van der Waals surface area contributed by atoms with E-state index >= 15 is 0 Å². The topological polar surface area (TPSA) is 89.3 Å². The van der Waals surface area contributed by atoms with Crippen LogP contribution in [-0.4, -0.2) is 29.8 Å². The first-order chi connectivity index (χ1) is 10.9. The predicted octanol–water partition coefficient (Wildman–Crippen LogP) is 2.93. The third kappa shape index (κ3) is 4.00. The smallest absolute Gasteiger partial charge is 0.319 e. The fourth-order valence-corrected chi connectivity index (χ4v) is 2.49. The zero-order valence-corrected chi connectivity index (χ0v) is 14.1. The van der Waals surface area contributed by atoms with Gasteiger partial charge >= 0.3 is 6.03 Å². The maximum atomic E-state index is 12.0. The Morgan fingerprint density at radius 1 is 1.30 bits per heavy atom. The summed E-state index contributed by atoms with van der Waals surface area (Å²) in [5, 5.41) is 9.57. The van der Waals surface area contributed by atoms with Gasteiger partial charge in [-0.15, -0.1) is 0 Å². The molecule has 7 nitrogen and oxygen atoms in total. The van der Waals surface area contributed by atoms with Gasteiger partial charge in [-0.1, -0.05) is 12.1 Å². The molecule has 1 atom stereocenters. The van der Waals surface area contributed by atoms with Gasteiger partial charge in [-0.3, -0.25) is 0 Å². The van der Waals surface area contributed by atoms with Crippen LogP contribution in [0.4, 0.5) is 10.5 Å². The molecule has 0 unspecified atom stereocenters. The number of carbonyl (C=O) groups excluding carboxylic acids is 1. The summed E-state index contributed by atoms with van der Waals surface area (Å²) in [7, 11) is 1.55. The zero-order chi connectivity index (χ0) is 17.0. The Bertz CT molecular complexity index is 677. The van der Waals surface area contributed by atoms with Gasteiger partial charge in [0.15, 0.2) is 0 Å². The summed E-state index contributed by atoms with van der Waals surface area (Å²) in [6.45, 7) is 8.09. The van der Waals surface area contributed by atoms with Crippen molar-refractivity contribution in [1.29, 1.82) is 0 Å². The number of nitrogens with zero attached hydrogens (tertiary/aromatic N) is 2. The number of methoxy groups -OCH3 is 1. The molecule has 0 saturated carbocycles. The molecule has 0 spiro atoms. The number of anilines is 1. The average Bonchev–Trinajstić information content (AvgIpc) is 2.86. The van der Waals surface area contributed by atoms with Gasteiger partial charge in [0.05, 0.1) is 24.2 Å². The molecule has 2 N–H and O–H groups in total. The lowest BCUT2D eigenvalue weighted by atomic mass is 10.00. The number of carbonyl (C=O) groups is 1. The lowest BCUT2D eigenvalue weighted by molar-refractivity contribution is 0.251. The normalized spacial score (nSPS) is 11.9. The Labute approximate surface area is 135 Å². The van der Waals surface area contributed by atoms with Crippen LogP contribution in [0.3, 0.4) is 0 Å². The van der Waals surface area contributed by atoms with Crippen LogP contribution < -0.4 is 15.4 Å². The summed E-state index contributed by atoms with van der Waals surface area (Å²) >= 11 is 0. The van der Waals surface area contributed by atoms with E-state index in [1.54, 1.807) is 19.2 Å². The quantitative estimate of drug-likeness (QED) is 0.884. The first-order valence-electron chi connectivity index (χ1n) is 7.41. The summed E-state index contributed by atoms with van der Waals surface area (Å²) in [6.07, 6.45) is 0. The molecule has 2 aromatic heterocycles. The lowest BCUT2D eigenvalue weighted by Crippen LogP contribution is -2.32. The van der Waals surface area contributed by atoms with E-state index in [4.69, 9.17) is 9.26 Å². The monoisotopic (exact) mass is 318 g/mol. The van der Waals surface area contributed by atoms with Crippen molar-refractivity contribution in [3.05, 3.63) is 34.8 Å². The van der Waals surface area contributed by atoms with E-state index in [9.17, 15) is 4.79 Å². The molecule has 0 aliphatic heterocycles. The molecule has 0 bridgehead atoms. The maximum absolute atomic E-state index is 12.0. The summed E-state index contributed by atoms with van der Waals surface area (Å²) in [5.74, 6) is 1.41. The van der Waals surface area contributed by atoms with Gasteiger partial charge in [0, 0.05) is 24.1 Å². The number of hydrogen-bond acceptors (Lipinski definition) is 5. The van der Waals surface area contributed by atoms with Crippen LogP contribution in [-0.2, 0) is 0 Å². The Balaban J connectivity index is 1.93. The van der Waals surface area contributed by atoms with E-state index in [1.165, 1.54) is 0 Å². The number of amides is 2. The number of rotatable bonds is 5. The van der Waals surface area contributed by atoms with Gasteiger partial charge in [0.2, 0.25) is 5.88 Å². The van der Waals surface area contributed by atoms with Crippen molar-refractivity contribution in [2.75, 3.05) is 19.0 Å². The lowest BCUT2D eigenvalue weighted by Gasteiger charge is -2.14. The standard InChI is InChI=1S/C16H22N4O3/c1-9(15-11(3)20-23-12(15)4)8-17-16(21)19-13-6-7-14(22-5)18-10(13)2/h6-7,9H,8H2,1-5H3,(H2,17,19,21)/t9-/m0/s1. The highest BCUT2D eigenvalue weighted by molar-refractivity contribution is 5.89. The van der Waals surface area contributed by atoms with Gasteiger partial charge in [0.25, 0.3) is 0 Å². The van der Waals surface area contributed by atoms with E-state index in [0.717, 1.165) is 17.0 Å². The predicted molar refractivity (Wildman–Crippen MR) is 86.9 cm³/mol.